The molecule has 5 N–H and O–H groups in total. The van der Waals surface area contributed by atoms with Crippen LogP contribution < -0.4 is 0 Å². The molecule has 0 spiro atoms. The Balaban J connectivity index is 1.55. The lowest BCUT2D eigenvalue weighted by molar-refractivity contribution is -0.385. The van der Waals surface area contributed by atoms with Gasteiger partial charge in [-0.2, -0.15) is 0 Å². The summed E-state index contributed by atoms with van der Waals surface area (Å²) in [6.07, 6.45) is -6.87. The predicted molar refractivity (Wildman–Crippen MR) is 114 cm³/mol. The van der Waals surface area contributed by atoms with Gasteiger partial charge in [0.05, 0.1) is 24.3 Å². The van der Waals surface area contributed by atoms with Crippen molar-refractivity contribution in [3.63, 3.8) is 0 Å². The van der Waals surface area contributed by atoms with Gasteiger partial charge >= 0.3 is 0 Å². The normalized spacial score (nSPS) is 32.0. The van der Waals surface area contributed by atoms with Crippen LogP contribution in [0.15, 0.2) is 30.3 Å². The molecule has 3 aliphatic rings. The zero-order chi connectivity index (χ0) is 24.4. The van der Waals surface area contributed by atoms with E-state index in [1.165, 1.54) is 24.3 Å². The van der Waals surface area contributed by atoms with Crippen molar-refractivity contribution >= 4 is 5.78 Å². The first-order valence-corrected chi connectivity index (χ1v) is 10.9. The third kappa shape index (κ3) is 3.68. The number of aliphatic hydroxyl groups excluding tert-OH is 3. The largest absolute Gasteiger partial charge is 0.507 e. The number of phenolic OH excluding ortho intramolecular Hbond substituents is 2. The van der Waals surface area contributed by atoms with Gasteiger partial charge in [0, 0.05) is 11.1 Å². The van der Waals surface area contributed by atoms with Crippen LogP contribution in [0.25, 0.3) is 0 Å². The summed E-state index contributed by atoms with van der Waals surface area (Å²) in [5.74, 6) is -2.24. The highest BCUT2D eigenvalue weighted by Gasteiger charge is 2.52. The minimum atomic E-state index is -1.51. The van der Waals surface area contributed by atoms with E-state index >= 15 is 0 Å². The van der Waals surface area contributed by atoms with Crippen LogP contribution in [0, 0.1) is 0 Å². The molecule has 0 amide bonds. The summed E-state index contributed by atoms with van der Waals surface area (Å²) in [6.45, 7) is 3.07. The van der Waals surface area contributed by atoms with E-state index in [9.17, 15) is 30.3 Å². The van der Waals surface area contributed by atoms with Gasteiger partial charge in [-0.15, -0.1) is 0 Å². The molecular formula is C24H26O10. The number of carbonyl (C=O) groups is 1. The Kier molecular flexibility index (Phi) is 5.64. The van der Waals surface area contributed by atoms with Crippen molar-refractivity contribution in [3.05, 3.63) is 58.1 Å². The first kappa shape index (κ1) is 23.2. The fourth-order valence-corrected chi connectivity index (χ4v) is 4.79. The van der Waals surface area contributed by atoms with Crippen molar-refractivity contribution in [3.8, 4) is 11.5 Å². The van der Waals surface area contributed by atoms with E-state index in [2.05, 4.69) is 0 Å². The Morgan fingerprint density at radius 1 is 1.06 bits per heavy atom. The van der Waals surface area contributed by atoms with Crippen LogP contribution in [0.2, 0.25) is 0 Å². The number of benzene rings is 2. The highest BCUT2D eigenvalue weighted by atomic mass is 16.8. The lowest BCUT2D eigenvalue weighted by Gasteiger charge is -2.49. The van der Waals surface area contributed by atoms with Crippen LogP contribution in [0.4, 0.5) is 0 Å². The monoisotopic (exact) mass is 474 g/mol. The van der Waals surface area contributed by atoms with Gasteiger partial charge < -0.3 is 44.5 Å². The van der Waals surface area contributed by atoms with E-state index in [1.807, 2.05) is 0 Å². The predicted octanol–water partition coefficient (Wildman–Crippen LogP) is 0.839. The zero-order valence-electron chi connectivity index (χ0n) is 18.5. The van der Waals surface area contributed by atoms with Crippen LogP contribution in [0.1, 0.15) is 52.6 Å². The van der Waals surface area contributed by atoms with Crippen molar-refractivity contribution in [1.82, 2.24) is 0 Å². The molecule has 0 bridgehead atoms. The molecular weight excluding hydrogens is 448 g/mol. The molecule has 5 rings (SSSR count). The maximum Gasteiger partial charge on any atom is 0.201 e. The fraction of sp³-hybridized carbons (Fsp3) is 0.458. The number of rotatable bonds is 3. The molecule has 0 unspecified atom stereocenters. The summed E-state index contributed by atoms with van der Waals surface area (Å²) in [5, 5.41) is 52.1. The lowest BCUT2D eigenvalue weighted by atomic mass is 9.81. The average Bonchev–Trinajstić information content (AvgIpc) is 2.79. The van der Waals surface area contributed by atoms with Gasteiger partial charge in [-0.3, -0.25) is 4.79 Å². The van der Waals surface area contributed by atoms with Crippen LogP contribution in [0.3, 0.4) is 0 Å². The summed E-state index contributed by atoms with van der Waals surface area (Å²) in [5.41, 5.74) is 0.712. The number of hydrogen-bond donors (Lipinski definition) is 5. The van der Waals surface area contributed by atoms with E-state index in [1.54, 1.807) is 19.9 Å². The topological polar surface area (TPSA) is 155 Å². The second-order valence-corrected chi connectivity index (χ2v) is 9.14. The number of fused-ring (bicyclic) bond motifs is 3. The Labute approximate surface area is 194 Å². The molecule has 2 aromatic carbocycles. The van der Waals surface area contributed by atoms with E-state index in [0.717, 1.165) is 0 Å². The summed E-state index contributed by atoms with van der Waals surface area (Å²) in [7, 11) is 0. The number of aromatic hydroxyl groups is 2. The Morgan fingerprint density at radius 3 is 2.53 bits per heavy atom. The number of hydrogen-bond acceptors (Lipinski definition) is 10. The minimum absolute atomic E-state index is 0.0538. The molecule has 34 heavy (non-hydrogen) atoms. The van der Waals surface area contributed by atoms with Crippen LogP contribution in [-0.4, -0.2) is 74.4 Å². The van der Waals surface area contributed by atoms with E-state index in [0.29, 0.717) is 5.56 Å². The zero-order valence-corrected chi connectivity index (χ0v) is 18.5. The summed E-state index contributed by atoms with van der Waals surface area (Å²) < 4.78 is 23.4. The molecule has 2 fully saturated rings. The molecule has 2 aliphatic heterocycles. The number of phenols is 2. The third-order valence-corrected chi connectivity index (χ3v) is 6.41. The van der Waals surface area contributed by atoms with Crippen LogP contribution >= 0.6 is 0 Å². The van der Waals surface area contributed by atoms with Crippen molar-refractivity contribution in [2.45, 2.75) is 63.1 Å². The highest BCUT2D eigenvalue weighted by Crippen LogP contribution is 2.45. The quantitative estimate of drug-likeness (QED) is 0.432. The van der Waals surface area contributed by atoms with Crippen molar-refractivity contribution in [2.24, 2.45) is 0 Å². The van der Waals surface area contributed by atoms with Crippen LogP contribution in [0.5, 0.6) is 11.5 Å². The van der Waals surface area contributed by atoms with Crippen molar-refractivity contribution in [1.29, 1.82) is 0 Å². The van der Waals surface area contributed by atoms with Gasteiger partial charge in [0.15, 0.2) is 12.1 Å². The molecule has 10 heteroatoms. The van der Waals surface area contributed by atoms with Gasteiger partial charge in [-0.25, -0.2) is 0 Å². The second kappa shape index (κ2) is 8.28. The molecule has 0 aromatic heterocycles. The average molecular weight is 474 g/mol. The molecule has 6 atom stereocenters. The number of ether oxygens (including phenoxy) is 4. The van der Waals surface area contributed by atoms with E-state index < -0.39 is 55.0 Å². The molecule has 1 aliphatic carbocycles. The number of ketones is 1. The molecule has 0 saturated carbocycles. The van der Waals surface area contributed by atoms with Gasteiger partial charge in [0.2, 0.25) is 5.78 Å². The number of aliphatic hydroxyl groups is 3. The third-order valence-electron chi connectivity index (χ3n) is 6.41. The van der Waals surface area contributed by atoms with Crippen LogP contribution in [-0.2, 0) is 25.6 Å². The van der Waals surface area contributed by atoms with E-state index in [4.69, 9.17) is 18.9 Å². The molecule has 2 aromatic rings. The van der Waals surface area contributed by atoms with Gasteiger partial charge in [0.25, 0.3) is 0 Å². The maximum absolute atomic E-state index is 13.2. The highest BCUT2D eigenvalue weighted by molar-refractivity contribution is 6.15. The van der Waals surface area contributed by atoms with E-state index in [-0.39, 0.29) is 40.4 Å². The van der Waals surface area contributed by atoms with Gasteiger partial charge in [0.1, 0.15) is 42.0 Å². The molecule has 2 heterocycles. The van der Waals surface area contributed by atoms with Gasteiger partial charge in [-0.1, -0.05) is 12.1 Å². The molecule has 182 valence electrons. The lowest BCUT2D eigenvalue weighted by Crippen LogP contribution is -2.64. The minimum Gasteiger partial charge on any atom is -0.507 e. The Hall–Kier alpha value is -2.57. The standard InChI is InChI=1S/C24H26O10/c1-24(2)31-9-15-22(34-24)19(29)20(30)23(32-15)33-21-11-4-3-5-13(26)16(11)18(28)17-12(21)6-10(8-25)7-14(17)27/h3-7,15,19-23,25-27,29-30H,8-9H2,1-2H3/t15-,19-,20-,21-,22-,23+/m1/s1. The molecule has 2 saturated heterocycles. The smallest absolute Gasteiger partial charge is 0.201 e. The second-order valence-electron chi connectivity index (χ2n) is 9.14. The number of carbonyl (C=O) groups excluding carboxylic acids is 1. The Morgan fingerprint density at radius 2 is 1.79 bits per heavy atom. The summed E-state index contributed by atoms with van der Waals surface area (Å²) >= 11 is 0. The molecule has 10 nitrogen and oxygen atoms in total. The fourth-order valence-electron chi connectivity index (χ4n) is 4.79. The first-order chi connectivity index (χ1) is 16.1. The van der Waals surface area contributed by atoms with Crippen molar-refractivity contribution < 1.29 is 49.3 Å². The first-order valence-electron chi connectivity index (χ1n) is 10.9. The van der Waals surface area contributed by atoms with Gasteiger partial charge in [-0.05, 0) is 37.6 Å². The maximum atomic E-state index is 13.2. The molecule has 0 radical (unpaired) electrons. The van der Waals surface area contributed by atoms with Crippen molar-refractivity contribution in [2.75, 3.05) is 6.61 Å². The summed E-state index contributed by atoms with van der Waals surface area (Å²) in [6, 6.07) is 7.22. The summed E-state index contributed by atoms with van der Waals surface area (Å²) in [4.78, 5) is 13.2. The SMILES string of the molecule is CC1(C)OC[C@H]2O[C@@H](O[C@@H]3c4cccc(O)c4C(=O)c4c(O)cc(CO)cc43)[C@H](O)[C@@H](O)[C@@H]2O1. The Bertz CT molecular complexity index is 1130.